The Labute approximate surface area is 165 Å². The molecule has 28 heavy (non-hydrogen) atoms. The number of anilines is 1. The van der Waals surface area contributed by atoms with Gasteiger partial charge in [-0.05, 0) is 59.8 Å². The highest BCUT2D eigenvalue weighted by molar-refractivity contribution is 8.18. The highest BCUT2D eigenvalue weighted by Gasteiger charge is 2.27. The molecule has 1 aliphatic rings. The van der Waals surface area contributed by atoms with Crippen LogP contribution in [0.3, 0.4) is 0 Å². The van der Waals surface area contributed by atoms with Gasteiger partial charge >= 0.3 is 0 Å². The van der Waals surface area contributed by atoms with E-state index < -0.39 is 5.82 Å². The molecular weight excluding hydrogens is 377 g/mol. The van der Waals surface area contributed by atoms with Gasteiger partial charge in [-0.3, -0.25) is 9.78 Å². The summed E-state index contributed by atoms with van der Waals surface area (Å²) >= 11 is 1.21. The fraction of sp³-hybridized carbons (Fsp3) is 0.0952. The standard InChI is InChI=1S/C21H16FN3O2S/c22-16-4-1-5-17(13-16)25(9-10-26)21-24-20(27)19(28-21)12-14-6-7-18-15(11-14)3-2-8-23-18/h1-8,11-13,26H,9-10H2/b19-12-. The number of fused-ring (bicyclic) bond motifs is 1. The van der Waals surface area contributed by atoms with Crippen LogP contribution in [0.15, 0.2) is 70.7 Å². The first-order valence-electron chi connectivity index (χ1n) is 8.65. The van der Waals surface area contributed by atoms with Crippen LogP contribution < -0.4 is 4.90 Å². The number of carbonyl (C=O) groups excluding carboxylic acids is 1. The molecule has 0 aliphatic carbocycles. The van der Waals surface area contributed by atoms with E-state index in [0.29, 0.717) is 15.8 Å². The number of halogens is 1. The van der Waals surface area contributed by atoms with E-state index in [1.807, 2.05) is 30.3 Å². The van der Waals surface area contributed by atoms with Crippen molar-refractivity contribution in [3.63, 3.8) is 0 Å². The smallest absolute Gasteiger partial charge is 0.286 e. The van der Waals surface area contributed by atoms with Crippen LogP contribution in [0.25, 0.3) is 17.0 Å². The molecule has 2 aromatic carbocycles. The van der Waals surface area contributed by atoms with Gasteiger partial charge in [0, 0.05) is 23.8 Å². The molecule has 3 aromatic rings. The number of amides is 1. The van der Waals surface area contributed by atoms with Crippen molar-refractivity contribution in [2.24, 2.45) is 4.99 Å². The molecule has 2 heterocycles. The van der Waals surface area contributed by atoms with Crippen molar-refractivity contribution >= 4 is 45.5 Å². The van der Waals surface area contributed by atoms with Crippen LogP contribution in [-0.2, 0) is 4.79 Å². The van der Waals surface area contributed by atoms with Crippen LogP contribution in [0.1, 0.15) is 5.56 Å². The van der Waals surface area contributed by atoms with Crippen molar-refractivity contribution in [1.29, 1.82) is 0 Å². The van der Waals surface area contributed by atoms with E-state index in [1.165, 1.54) is 23.9 Å². The average molecular weight is 393 g/mol. The minimum Gasteiger partial charge on any atom is -0.395 e. The number of thioether (sulfide) groups is 1. The van der Waals surface area contributed by atoms with Gasteiger partial charge in [-0.1, -0.05) is 18.2 Å². The number of rotatable bonds is 4. The van der Waals surface area contributed by atoms with E-state index >= 15 is 0 Å². The summed E-state index contributed by atoms with van der Waals surface area (Å²) in [5.74, 6) is -0.749. The third-order valence-electron chi connectivity index (χ3n) is 4.21. The summed E-state index contributed by atoms with van der Waals surface area (Å²) in [4.78, 5) is 22.9. The maximum atomic E-state index is 13.6. The Kier molecular flexibility index (Phi) is 5.18. The first-order chi connectivity index (χ1) is 13.6. The Morgan fingerprint density at radius 1 is 1.14 bits per heavy atom. The topological polar surface area (TPSA) is 65.8 Å². The Bertz CT molecular complexity index is 1110. The van der Waals surface area contributed by atoms with Gasteiger partial charge in [-0.25, -0.2) is 4.39 Å². The number of carbonyl (C=O) groups is 1. The Morgan fingerprint density at radius 2 is 2.04 bits per heavy atom. The van der Waals surface area contributed by atoms with Gasteiger partial charge in [0.15, 0.2) is 5.17 Å². The third kappa shape index (κ3) is 3.81. The number of aliphatic imine (C=N–C) groups is 1. The van der Waals surface area contributed by atoms with E-state index in [4.69, 9.17) is 0 Å². The Balaban J connectivity index is 1.62. The van der Waals surface area contributed by atoms with Gasteiger partial charge in [0.2, 0.25) is 0 Å². The summed E-state index contributed by atoms with van der Waals surface area (Å²) in [6.45, 7) is 0.0541. The van der Waals surface area contributed by atoms with E-state index in [1.54, 1.807) is 29.3 Å². The normalized spacial score (nSPS) is 15.3. The molecule has 140 valence electrons. The molecule has 1 N–H and O–H groups in total. The summed E-state index contributed by atoms with van der Waals surface area (Å²) in [5, 5.41) is 10.8. The quantitative estimate of drug-likeness (QED) is 0.682. The van der Waals surface area contributed by atoms with E-state index in [-0.39, 0.29) is 19.1 Å². The van der Waals surface area contributed by atoms with Gasteiger partial charge in [0.05, 0.1) is 17.0 Å². The first kappa shape index (κ1) is 18.3. The SMILES string of the molecule is O=C1N=C(N(CCO)c2cccc(F)c2)S/C1=C\c1ccc2ncccc2c1. The van der Waals surface area contributed by atoms with Gasteiger partial charge in [-0.2, -0.15) is 4.99 Å². The molecule has 1 aromatic heterocycles. The fourth-order valence-electron chi connectivity index (χ4n) is 2.93. The first-order valence-corrected chi connectivity index (χ1v) is 9.47. The number of amidine groups is 1. The molecule has 0 saturated heterocycles. The molecule has 0 radical (unpaired) electrons. The van der Waals surface area contributed by atoms with Crippen molar-refractivity contribution in [1.82, 2.24) is 4.98 Å². The average Bonchev–Trinajstić information content (AvgIpc) is 3.06. The summed E-state index contributed by atoms with van der Waals surface area (Å²) < 4.78 is 13.6. The zero-order valence-electron chi connectivity index (χ0n) is 14.7. The van der Waals surface area contributed by atoms with Gasteiger partial charge < -0.3 is 10.0 Å². The second-order valence-electron chi connectivity index (χ2n) is 6.12. The van der Waals surface area contributed by atoms with E-state index in [2.05, 4.69) is 9.98 Å². The summed E-state index contributed by atoms with van der Waals surface area (Å²) in [6.07, 6.45) is 3.51. The lowest BCUT2D eigenvalue weighted by atomic mass is 10.1. The van der Waals surface area contributed by atoms with Crippen LogP contribution in [0.2, 0.25) is 0 Å². The number of nitrogens with zero attached hydrogens (tertiary/aromatic N) is 3. The second kappa shape index (κ2) is 7.92. The molecule has 0 saturated carbocycles. The number of pyridine rings is 1. The minimum atomic E-state index is -0.393. The number of aliphatic hydroxyl groups is 1. The monoisotopic (exact) mass is 393 g/mol. The maximum absolute atomic E-state index is 13.6. The molecule has 0 atom stereocenters. The summed E-state index contributed by atoms with van der Waals surface area (Å²) in [6, 6.07) is 15.6. The molecular formula is C21H16FN3O2S. The predicted molar refractivity (Wildman–Crippen MR) is 111 cm³/mol. The summed E-state index contributed by atoms with van der Waals surface area (Å²) in [5.41, 5.74) is 2.28. The lowest BCUT2D eigenvalue weighted by molar-refractivity contribution is -0.113. The number of hydrogen-bond acceptors (Lipinski definition) is 5. The number of hydrogen-bond donors (Lipinski definition) is 1. The van der Waals surface area contributed by atoms with Gasteiger partial charge in [0.1, 0.15) is 5.82 Å². The molecule has 1 aliphatic heterocycles. The van der Waals surface area contributed by atoms with Crippen LogP contribution in [0.4, 0.5) is 10.1 Å². The number of aliphatic hydroxyl groups excluding tert-OH is 1. The van der Waals surface area contributed by atoms with Gasteiger partial charge in [-0.15, -0.1) is 0 Å². The van der Waals surface area contributed by atoms with Crippen LogP contribution in [-0.4, -0.2) is 34.3 Å². The highest BCUT2D eigenvalue weighted by Crippen LogP contribution is 2.33. The molecule has 4 rings (SSSR count). The van der Waals surface area contributed by atoms with Crippen molar-refractivity contribution in [3.8, 4) is 0 Å². The van der Waals surface area contributed by atoms with Crippen LogP contribution in [0, 0.1) is 5.82 Å². The molecule has 0 fully saturated rings. The van der Waals surface area contributed by atoms with E-state index in [9.17, 15) is 14.3 Å². The molecule has 5 nitrogen and oxygen atoms in total. The maximum Gasteiger partial charge on any atom is 0.286 e. The van der Waals surface area contributed by atoms with Crippen molar-refractivity contribution < 1.29 is 14.3 Å². The van der Waals surface area contributed by atoms with Crippen molar-refractivity contribution in [2.75, 3.05) is 18.1 Å². The fourth-order valence-corrected chi connectivity index (χ4v) is 3.89. The number of aromatic nitrogens is 1. The number of benzene rings is 2. The Hall–Kier alpha value is -3.03. The third-order valence-corrected chi connectivity index (χ3v) is 5.22. The van der Waals surface area contributed by atoms with Gasteiger partial charge in [0.25, 0.3) is 5.91 Å². The Morgan fingerprint density at radius 3 is 2.86 bits per heavy atom. The molecule has 7 heteroatoms. The lowest BCUT2D eigenvalue weighted by Crippen LogP contribution is -2.30. The van der Waals surface area contributed by atoms with Crippen molar-refractivity contribution in [3.05, 3.63) is 77.1 Å². The van der Waals surface area contributed by atoms with Crippen molar-refractivity contribution in [2.45, 2.75) is 0 Å². The van der Waals surface area contributed by atoms with Crippen LogP contribution >= 0.6 is 11.8 Å². The molecule has 1 amide bonds. The lowest BCUT2D eigenvalue weighted by Gasteiger charge is -2.22. The minimum absolute atomic E-state index is 0.152. The predicted octanol–water partition coefficient (Wildman–Crippen LogP) is 3.84. The molecule has 0 unspecified atom stereocenters. The van der Waals surface area contributed by atoms with Crippen LogP contribution in [0.5, 0.6) is 0 Å². The highest BCUT2D eigenvalue weighted by atomic mass is 32.2. The molecule has 0 spiro atoms. The van der Waals surface area contributed by atoms with E-state index in [0.717, 1.165) is 16.5 Å². The summed E-state index contributed by atoms with van der Waals surface area (Å²) in [7, 11) is 0. The second-order valence-corrected chi connectivity index (χ2v) is 7.13. The largest absolute Gasteiger partial charge is 0.395 e. The zero-order valence-corrected chi connectivity index (χ0v) is 15.6. The zero-order chi connectivity index (χ0) is 19.5. The molecule has 0 bridgehead atoms.